The average molecular weight is 486 g/mol. The van der Waals surface area contributed by atoms with Crippen LogP contribution in [0.2, 0.25) is 0 Å². The van der Waals surface area contributed by atoms with Crippen molar-refractivity contribution in [3.05, 3.63) is 29.6 Å². The molecule has 0 aromatic heterocycles. The van der Waals surface area contributed by atoms with Crippen molar-refractivity contribution in [2.24, 2.45) is 23.7 Å². The lowest BCUT2D eigenvalue weighted by Crippen LogP contribution is -2.49. The van der Waals surface area contributed by atoms with Gasteiger partial charge in [0.2, 0.25) is 5.91 Å². The lowest BCUT2D eigenvalue weighted by atomic mass is 9.78. The van der Waals surface area contributed by atoms with E-state index in [1.165, 1.54) is 35.8 Å². The summed E-state index contributed by atoms with van der Waals surface area (Å²) in [6.07, 6.45) is -1.26. The van der Waals surface area contributed by atoms with Crippen LogP contribution >= 0.6 is 0 Å². The molecule has 0 N–H and O–H groups in total. The van der Waals surface area contributed by atoms with Gasteiger partial charge < -0.3 is 14.7 Å². The largest absolute Gasteiger partial charge is 0.400 e. The highest BCUT2D eigenvalue weighted by Crippen LogP contribution is 2.37. The van der Waals surface area contributed by atoms with Gasteiger partial charge in [-0.2, -0.15) is 13.2 Å². The Balaban J connectivity index is 1.53. The number of nitrogens with zero attached hydrogens (tertiary/aromatic N) is 3. The van der Waals surface area contributed by atoms with Gasteiger partial charge in [-0.25, -0.2) is 4.39 Å². The monoisotopic (exact) mass is 485 g/mol. The molecule has 0 radical (unpaired) electrons. The minimum atomic E-state index is -4.52. The molecule has 5 nitrogen and oxygen atoms in total. The van der Waals surface area contributed by atoms with E-state index in [1.54, 1.807) is 20.2 Å². The van der Waals surface area contributed by atoms with E-state index in [0.717, 1.165) is 44.5 Å². The Bertz CT molecular complexity index is 871. The van der Waals surface area contributed by atoms with Crippen molar-refractivity contribution >= 4 is 17.5 Å². The van der Waals surface area contributed by atoms with Gasteiger partial charge in [0.15, 0.2) is 0 Å². The van der Waals surface area contributed by atoms with Gasteiger partial charge in [-0.05, 0) is 61.6 Å². The van der Waals surface area contributed by atoms with Gasteiger partial charge in [-0.1, -0.05) is 13.8 Å². The van der Waals surface area contributed by atoms with Crippen molar-refractivity contribution < 1.29 is 27.2 Å². The maximum Gasteiger partial charge on any atom is 0.400 e. The third-order valence-electron chi connectivity index (χ3n) is 7.30. The molecule has 34 heavy (non-hydrogen) atoms. The van der Waals surface area contributed by atoms with E-state index in [2.05, 4.69) is 4.90 Å². The summed E-state index contributed by atoms with van der Waals surface area (Å²) in [7, 11) is 3.17. The van der Waals surface area contributed by atoms with Crippen LogP contribution in [0.5, 0.6) is 0 Å². The molecule has 2 saturated heterocycles. The lowest BCUT2D eigenvalue weighted by Gasteiger charge is -2.41. The fourth-order valence-corrected chi connectivity index (χ4v) is 5.34. The highest BCUT2D eigenvalue weighted by Gasteiger charge is 2.48. The van der Waals surface area contributed by atoms with E-state index < -0.39 is 29.7 Å². The molecule has 190 valence electrons. The van der Waals surface area contributed by atoms with Gasteiger partial charge in [0, 0.05) is 46.0 Å². The summed E-state index contributed by atoms with van der Waals surface area (Å²) in [5, 5.41) is 0. The van der Waals surface area contributed by atoms with Crippen LogP contribution in [0.3, 0.4) is 0 Å². The number of piperidine rings is 2. The Morgan fingerprint density at radius 3 is 1.94 bits per heavy atom. The van der Waals surface area contributed by atoms with Crippen LogP contribution in [0.15, 0.2) is 18.2 Å². The number of carbonyl (C=O) groups excluding carboxylic acids is 2. The number of amides is 2. The van der Waals surface area contributed by atoms with Gasteiger partial charge >= 0.3 is 6.18 Å². The smallest absolute Gasteiger partial charge is 0.371 e. The molecule has 1 aromatic carbocycles. The quantitative estimate of drug-likeness (QED) is 0.562. The average Bonchev–Trinajstić information content (AvgIpc) is 2.77. The molecule has 2 heterocycles. The summed E-state index contributed by atoms with van der Waals surface area (Å²) in [5.74, 6) is -3.60. The van der Waals surface area contributed by atoms with Crippen LogP contribution in [0.25, 0.3) is 0 Å². The van der Waals surface area contributed by atoms with Crippen molar-refractivity contribution in [2.45, 2.75) is 45.7 Å². The third kappa shape index (κ3) is 5.84. The van der Waals surface area contributed by atoms with Gasteiger partial charge in [-0.3, -0.25) is 9.59 Å². The van der Waals surface area contributed by atoms with E-state index in [4.69, 9.17) is 0 Å². The van der Waals surface area contributed by atoms with Gasteiger partial charge in [0.1, 0.15) is 11.7 Å². The highest BCUT2D eigenvalue weighted by atomic mass is 19.4. The molecule has 2 aliphatic heterocycles. The van der Waals surface area contributed by atoms with Crippen LogP contribution in [0.4, 0.5) is 23.2 Å². The molecule has 0 bridgehead atoms. The molecule has 9 heteroatoms. The zero-order chi connectivity index (χ0) is 25.2. The Morgan fingerprint density at radius 2 is 1.50 bits per heavy atom. The zero-order valence-electron chi connectivity index (χ0n) is 20.4. The fraction of sp³-hybridized carbons (Fsp3) is 0.680. The molecule has 1 unspecified atom stereocenters. The number of benzene rings is 1. The SMILES string of the molecule is CC(C)C(C(=O)N1CCC(C2CCN(c3ccc(C(=O)N(C)C)c(F)c3)CC2)CC1)C(F)(F)F. The van der Waals surface area contributed by atoms with Crippen molar-refractivity contribution in [2.75, 3.05) is 45.2 Å². The van der Waals surface area contributed by atoms with Crippen LogP contribution in [0.1, 0.15) is 49.9 Å². The normalized spacial score (nSPS) is 19.4. The predicted molar refractivity (Wildman–Crippen MR) is 123 cm³/mol. The molecular weight excluding hydrogens is 450 g/mol. The Labute approximate surface area is 199 Å². The Hall–Kier alpha value is -2.32. The Kier molecular flexibility index (Phi) is 8.14. The number of halogens is 4. The lowest BCUT2D eigenvalue weighted by molar-refractivity contribution is -0.198. The zero-order valence-corrected chi connectivity index (χ0v) is 20.4. The number of rotatable bonds is 5. The second-order valence-electron chi connectivity index (χ2n) is 10.1. The van der Waals surface area contributed by atoms with E-state index in [1.807, 2.05) is 0 Å². The molecule has 0 saturated carbocycles. The molecule has 2 aliphatic rings. The molecule has 0 spiro atoms. The van der Waals surface area contributed by atoms with E-state index >= 15 is 0 Å². The standard InChI is InChI=1S/C25H35F4N3O2/c1-16(2)22(25(27,28)29)24(34)32-13-9-18(10-14-32)17-7-11-31(12-8-17)19-5-6-20(21(26)15-19)23(33)30(3)4/h5-6,15-18,22H,7-14H2,1-4H3. The first-order chi connectivity index (χ1) is 15.9. The maximum atomic E-state index is 14.5. The summed E-state index contributed by atoms with van der Waals surface area (Å²) < 4.78 is 54.5. The second-order valence-corrected chi connectivity index (χ2v) is 10.1. The van der Waals surface area contributed by atoms with E-state index in [9.17, 15) is 27.2 Å². The van der Waals surface area contributed by atoms with Gasteiger partial charge in [0.05, 0.1) is 5.56 Å². The summed E-state index contributed by atoms with van der Waals surface area (Å²) >= 11 is 0. The number of carbonyl (C=O) groups is 2. The third-order valence-corrected chi connectivity index (χ3v) is 7.30. The first-order valence-electron chi connectivity index (χ1n) is 12.0. The fourth-order valence-electron chi connectivity index (χ4n) is 5.34. The van der Waals surface area contributed by atoms with Crippen LogP contribution in [-0.4, -0.2) is 68.1 Å². The van der Waals surface area contributed by atoms with Crippen molar-refractivity contribution in [1.29, 1.82) is 0 Å². The van der Waals surface area contributed by atoms with Gasteiger partial charge in [-0.15, -0.1) is 0 Å². The van der Waals surface area contributed by atoms with Crippen molar-refractivity contribution in [1.82, 2.24) is 9.80 Å². The summed E-state index contributed by atoms with van der Waals surface area (Å²) in [5.41, 5.74) is 0.800. The van der Waals surface area contributed by atoms with Crippen LogP contribution in [0, 0.1) is 29.5 Å². The minimum Gasteiger partial charge on any atom is -0.371 e. The summed E-state index contributed by atoms with van der Waals surface area (Å²) in [6, 6.07) is 4.71. The first-order valence-corrected chi connectivity index (χ1v) is 12.0. The molecular formula is C25H35F4N3O2. The maximum absolute atomic E-state index is 14.5. The van der Waals surface area contributed by atoms with E-state index in [0.29, 0.717) is 24.9 Å². The predicted octanol–water partition coefficient (Wildman–Crippen LogP) is 4.82. The number of hydrogen-bond donors (Lipinski definition) is 0. The molecule has 2 amide bonds. The second kappa shape index (κ2) is 10.5. The van der Waals surface area contributed by atoms with Crippen molar-refractivity contribution in [3.63, 3.8) is 0 Å². The number of likely N-dealkylation sites (tertiary alicyclic amines) is 1. The van der Waals surface area contributed by atoms with Gasteiger partial charge in [0.25, 0.3) is 5.91 Å². The number of hydrogen-bond acceptors (Lipinski definition) is 3. The molecule has 1 aromatic rings. The summed E-state index contributed by atoms with van der Waals surface area (Å²) in [6.45, 7) is 5.14. The molecule has 2 fully saturated rings. The number of alkyl halides is 3. The molecule has 1 atom stereocenters. The highest BCUT2D eigenvalue weighted by molar-refractivity contribution is 5.94. The minimum absolute atomic E-state index is 0.0511. The van der Waals surface area contributed by atoms with Crippen LogP contribution < -0.4 is 4.90 Å². The first kappa shape index (κ1) is 26.3. The summed E-state index contributed by atoms with van der Waals surface area (Å²) in [4.78, 5) is 29.4. The topological polar surface area (TPSA) is 43.9 Å². The van der Waals surface area contributed by atoms with E-state index in [-0.39, 0.29) is 11.5 Å². The number of anilines is 1. The van der Waals surface area contributed by atoms with Crippen LogP contribution in [-0.2, 0) is 4.79 Å². The Morgan fingerprint density at radius 1 is 0.971 bits per heavy atom. The molecule has 3 rings (SSSR count). The van der Waals surface area contributed by atoms with Crippen molar-refractivity contribution in [3.8, 4) is 0 Å². The molecule has 0 aliphatic carbocycles.